The van der Waals surface area contributed by atoms with Gasteiger partial charge in [-0.1, -0.05) is 35.4 Å². The van der Waals surface area contributed by atoms with Gasteiger partial charge in [0.15, 0.2) is 17.5 Å². The molecule has 3 aromatic rings. The molecule has 25 heteroatoms. The third-order valence-electron chi connectivity index (χ3n) is 9.44. The van der Waals surface area contributed by atoms with Crippen LogP contribution < -0.4 is 43.2 Å². The van der Waals surface area contributed by atoms with Crippen LogP contribution in [0.1, 0.15) is 42.7 Å². The summed E-state index contributed by atoms with van der Waals surface area (Å²) in [6.07, 6.45) is -1.43. The van der Waals surface area contributed by atoms with E-state index in [-0.39, 0.29) is 59.1 Å². The van der Waals surface area contributed by atoms with Crippen LogP contribution in [-0.2, 0) is 44.8 Å². The van der Waals surface area contributed by atoms with E-state index in [1.54, 1.807) is 13.8 Å². The summed E-state index contributed by atoms with van der Waals surface area (Å²) in [4.78, 5) is 114. The average Bonchev–Trinajstić information content (AvgIpc) is 3.22. The first-order valence-corrected chi connectivity index (χ1v) is 21.1. The molecule has 61 heavy (non-hydrogen) atoms. The van der Waals surface area contributed by atoms with E-state index in [4.69, 9.17) is 15.2 Å². The number of hydrogen-bond acceptors (Lipinski definition) is 17. The summed E-state index contributed by atoms with van der Waals surface area (Å²) in [5.74, 6) is -6.32. The van der Waals surface area contributed by atoms with Gasteiger partial charge in [0.25, 0.3) is 11.5 Å². The Morgan fingerprint density at radius 1 is 0.951 bits per heavy atom. The molecule has 0 radical (unpaired) electrons. The van der Waals surface area contributed by atoms with Gasteiger partial charge in [0.05, 0.1) is 36.7 Å². The number of H-pyrrole nitrogens is 1. The number of benzene rings is 1. The topological polar surface area (TPSA) is 348 Å². The Bertz CT molecular complexity index is 2140. The van der Waals surface area contributed by atoms with E-state index in [0.717, 1.165) is 0 Å². The van der Waals surface area contributed by atoms with E-state index in [9.17, 15) is 48.6 Å². The highest BCUT2D eigenvalue weighted by Crippen LogP contribution is 2.32. The molecule has 2 unspecified atom stereocenters. The van der Waals surface area contributed by atoms with Crippen LogP contribution in [-0.4, -0.2) is 134 Å². The molecule has 1 aromatic carbocycles. The van der Waals surface area contributed by atoms with Crippen molar-refractivity contribution in [2.75, 3.05) is 43.3 Å². The Morgan fingerprint density at radius 3 is 2.31 bits per heavy atom. The summed E-state index contributed by atoms with van der Waals surface area (Å²) >= 11 is 0. The van der Waals surface area contributed by atoms with Gasteiger partial charge in [-0.25, -0.2) is 19.6 Å². The van der Waals surface area contributed by atoms with Crippen molar-refractivity contribution in [2.45, 2.75) is 63.8 Å². The zero-order chi connectivity index (χ0) is 44.8. The Morgan fingerprint density at radius 2 is 1.66 bits per heavy atom. The first-order chi connectivity index (χ1) is 29.0. The molecule has 1 aliphatic heterocycles. The van der Waals surface area contributed by atoms with Crippen molar-refractivity contribution in [1.82, 2.24) is 46.5 Å². The van der Waals surface area contributed by atoms with Crippen molar-refractivity contribution >= 4 is 85.9 Å². The van der Waals surface area contributed by atoms with Crippen LogP contribution in [0.15, 0.2) is 35.3 Å². The molecule has 23 nitrogen and oxygen atoms in total. The predicted molar refractivity (Wildman–Crippen MR) is 222 cm³/mol. The fourth-order valence-corrected chi connectivity index (χ4v) is 7.79. The minimum atomic E-state index is -1.75. The molecular weight excluding hydrogens is 843 g/mol. The van der Waals surface area contributed by atoms with Gasteiger partial charge in [0.2, 0.25) is 29.6 Å². The lowest BCUT2D eigenvalue weighted by Gasteiger charge is -2.43. The third-order valence-corrected chi connectivity index (χ3v) is 11.7. The Kier molecular flexibility index (Phi) is 17.6. The number of amides is 5. The monoisotopic (exact) mass is 889 g/mol. The molecule has 11 N–H and O–H groups in total. The van der Waals surface area contributed by atoms with Gasteiger partial charge < -0.3 is 57.3 Å². The highest BCUT2D eigenvalue weighted by molar-refractivity contribution is 8.76. The number of nitrogens with two attached hydrogens (primary N) is 1. The minimum absolute atomic E-state index is 0.00116. The molecular formula is C36H47N11O12S2. The molecule has 3 heterocycles. The molecule has 2 aromatic heterocycles. The molecule has 0 bridgehead atoms. The van der Waals surface area contributed by atoms with Crippen LogP contribution in [0.4, 0.5) is 11.6 Å². The number of carboxylic acid groups (broad SMARTS) is 2. The number of carbonyl (C=O) groups excluding carboxylic acids is 5. The lowest BCUT2D eigenvalue weighted by molar-refractivity contribution is -0.223. The number of aromatic amines is 1. The fourth-order valence-electron chi connectivity index (χ4n) is 5.90. The van der Waals surface area contributed by atoms with Crippen LogP contribution in [0, 0.1) is 11.8 Å². The number of nitrogen functional groups attached to an aromatic ring is 1. The van der Waals surface area contributed by atoms with Crippen molar-refractivity contribution in [1.29, 1.82) is 0 Å². The Hall–Kier alpha value is -6.05. The number of hydrogen-bond donors (Lipinski definition) is 10. The van der Waals surface area contributed by atoms with E-state index in [0.29, 0.717) is 17.1 Å². The number of carbonyl (C=O) groups is 7. The quantitative estimate of drug-likeness (QED) is 0.0444. The number of nitrogens with one attached hydrogen (secondary N) is 7. The molecule has 7 atom stereocenters. The summed E-state index contributed by atoms with van der Waals surface area (Å²) in [5.41, 5.74) is 6.05. The second-order valence-electron chi connectivity index (χ2n) is 13.7. The van der Waals surface area contributed by atoms with Gasteiger partial charge in [0.1, 0.15) is 18.2 Å². The summed E-state index contributed by atoms with van der Waals surface area (Å²) in [7, 11) is 5.58. The number of nitrogens with zero attached hydrogens (tertiary/aromatic N) is 3. The van der Waals surface area contributed by atoms with Gasteiger partial charge in [-0.3, -0.25) is 33.8 Å². The number of rotatable bonds is 21. The first kappa shape index (κ1) is 47.6. The molecule has 4 rings (SSSR count). The molecule has 1 aliphatic rings. The van der Waals surface area contributed by atoms with Gasteiger partial charge >= 0.3 is 11.9 Å². The number of ether oxygens (including phenoxy) is 2. The fraction of sp³-hybridized carbons (Fsp3) is 0.472. The third kappa shape index (κ3) is 13.7. The lowest BCUT2D eigenvalue weighted by atomic mass is 9.81. The van der Waals surface area contributed by atoms with Crippen LogP contribution in [0.25, 0.3) is 11.2 Å². The largest absolute Gasteiger partial charge is 0.480 e. The maximum Gasteiger partial charge on any atom is 0.328 e. The maximum atomic E-state index is 13.3. The SMILES string of the molecule is CNC(=O)CSSCCC(=O)NC1[C@H](OC)OC(C(=O)NC[C@H](NC(=O)C[C@H](NC(=O)c2ccc(NCc3cnc4nc(N)[nH]c(=O)c4n3)cc2)C(=O)O)C(=O)O)[C@H](C)[C@@H]1C. The normalized spacial score (nSPS) is 19.4. The molecule has 1 fully saturated rings. The van der Waals surface area contributed by atoms with Crippen molar-refractivity contribution < 1.29 is 53.2 Å². The maximum absolute atomic E-state index is 13.3. The smallest absolute Gasteiger partial charge is 0.328 e. The summed E-state index contributed by atoms with van der Waals surface area (Å²) in [6, 6.07) is 1.78. The standard InChI is InChI=1S/C36H47N11O12S2/c1-16-17(2)28(59-35(58-4)26(16)45-23(48)9-10-60-61-15-25(50)38-3)32(53)41-14-22(34(56)57)43-24(49)11-21(33(54)55)44-30(51)18-5-7-19(8-6-18)39-12-20-13-40-29-27(42-20)31(52)47-36(37)46-29/h5-8,13,16-17,21-22,26,28,35,39H,9-12,14-15H2,1-4H3,(H,38,50)(H,41,53)(H,43,49)(H,44,51)(H,45,48)(H,54,55)(H,56,57)(H3,37,40,46,47,52)/t16-,17+,21-,22-,26?,28?,35+/m0/s1. The zero-order valence-electron chi connectivity index (χ0n) is 33.4. The molecule has 0 spiro atoms. The average molecular weight is 890 g/mol. The van der Waals surface area contributed by atoms with Crippen LogP contribution >= 0.6 is 21.6 Å². The van der Waals surface area contributed by atoms with Crippen molar-refractivity contribution in [2.24, 2.45) is 11.8 Å². The molecule has 1 saturated heterocycles. The van der Waals surface area contributed by atoms with Crippen molar-refractivity contribution in [3.63, 3.8) is 0 Å². The van der Waals surface area contributed by atoms with Gasteiger partial charge in [-0.15, -0.1) is 0 Å². The second kappa shape index (κ2) is 22.5. The number of aliphatic carboxylic acids is 2. The summed E-state index contributed by atoms with van der Waals surface area (Å²) in [6.45, 7) is 3.06. The zero-order valence-corrected chi connectivity index (χ0v) is 35.0. The van der Waals surface area contributed by atoms with Gasteiger partial charge in [-0.2, -0.15) is 4.98 Å². The Balaban J connectivity index is 1.25. The number of anilines is 2. The van der Waals surface area contributed by atoms with E-state index in [2.05, 4.69) is 51.8 Å². The Labute approximate surface area is 355 Å². The summed E-state index contributed by atoms with van der Waals surface area (Å²) in [5, 5.41) is 34.9. The highest BCUT2D eigenvalue weighted by Gasteiger charge is 2.45. The van der Waals surface area contributed by atoms with Crippen LogP contribution in [0.2, 0.25) is 0 Å². The number of carboxylic acids is 2. The van der Waals surface area contributed by atoms with Gasteiger partial charge in [-0.05, 0) is 36.1 Å². The van der Waals surface area contributed by atoms with Crippen LogP contribution in [0.3, 0.4) is 0 Å². The second-order valence-corrected chi connectivity index (χ2v) is 16.2. The molecule has 0 aliphatic carbocycles. The molecule has 5 amide bonds. The van der Waals surface area contributed by atoms with E-state index >= 15 is 0 Å². The highest BCUT2D eigenvalue weighted by atomic mass is 33.1. The van der Waals surface area contributed by atoms with E-state index in [1.807, 2.05) is 0 Å². The number of fused-ring (bicyclic) bond motifs is 1. The van der Waals surface area contributed by atoms with E-state index in [1.165, 1.54) is 66.2 Å². The minimum Gasteiger partial charge on any atom is -0.480 e. The lowest BCUT2D eigenvalue weighted by Crippen LogP contribution is -2.61. The first-order valence-electron chi connectivity index (χ1n) is 18.6. The van der Waals surface area contributed by atoms with E-state index < -0.39 is 84.6 Å². The molecule has 0 saturated carbocycles. The number of aromatic nitrogens is 4. The summed E-state index contributed by atoms with van der Waals surface area (Å²) < 4.78 is 11.3. The van der Waals surface area contributed by atoms with Crippen LogP contribution in [0.5, 0.6) is 0 Å². The molecule has 330 valence electrons. The predicted octanol–water partition coefficient (Wildman–Crippen LogP) is -1.19. The van der Waals surface area contributed by atoms with Crippen molar-refractivity contribution in [3.8, 4) is 0 Å². The van der Waals surface area contributed by atoms with Crippen molar-refractivity contribution in [3.05, 3.63) is 52.1 Å². The van der Waals surface area contributed by atoms with Gasteiger partial charge in [0, 0.05) is 44.1 Å². The number of methoxy groups -OCH3 is 1.